The van der Waals surface area contributed by atoms with E-state index in [1.165, 1.54) is 6.33 Å². The number of fused-ring (bicyclic) bond motifs is 1. The molecule has 0 fully saturated rings. The number of methoxy groups -OCH3 is 1. The molecule has 1 atom stereocenters. The highest BCUT2D eigenvalue weighted by Gasteiger charge is 2.13. The van der Waals surface area contributed by atoms with Gasteiger partial charge in [-0.15, -0.1) is 11.6 Å². The number of rotatable bonds is 5. The highest BCUT2D eigenvalue weighted by Crippen LogP contribution is 2.18. The fourth-order valence-corrected chi connectivity index (χ4v) is 1.99. The lowest BCUT2D eigenvalue weighted by molar-refractivity contribution is 0.199. The zero-order valence-electron chi connectivity index (χ0n) is 9.72. The van der Waals surface area contributed by atoms with Gasteiger partial charge in [0.05, 0.1) is 18.3 Å². The minimum absolute atomic E-state index is 0.0852. The van der Waals surface area contributed by atoms with E-state index in [-0.39, 0.29) is 5.38 Å². The molecule has 0 saturated heterocycles. The topological polar surface area (TPSA) is 66.9 Å². The van der Waals surface area contributed by atoms with Crippen molar-refractivity contribution in [2.75, 3.05) is 32.2 Å². The summed E-state index contributed by atoms with van der Waals surface area (Å²) in [4.78, 5) is 17.4. The molecule has 0 aliphatic rings. The number of ether oxygens (including phenoxy) is 1. The van der Waals surface area contributed by atoms with Gasteiger partial charge in [-0.1, -0.05) is 0 Å². The van der Waals surface area contributed by atoms with Crippen molar-refractivity contribution in [1.82, 2.24) is 19.9 Å². The van der Waals surface area contributed by atoms with Crippen LogP contribution in [0.15, 0.2) is 12.7 Å². The Balaban J connectivity index is 2.18. The van der Waals surface area contributed by atoms with E-state index in [9.17, 15) is 0 Å². The van der Waals surface area contributed by atoms with Gasteiger partial charge in [0.1, 0.15) is 11.8 Å². The Morgan fingerprint density at radius 3 is 3.06 bits per heavy atom. The van der Waals surface area contributed by atoms with E-state index in [1.807, 2.05) is 11.9 Å². The van der Waals surface area contributed by atoms with Crippen molar-refractivity contribution in [2.45, 2.75) is 5.38 Å². The van der Waals surface area contributed by atoms with Gasteiger partial charge in [0.15, 0.2) is 11.5 Å². The SMILES string of the molecule is COCC(Cl)CN(C)c1ncnc2nc[nH]c12. The molecular formula is C10H14ClN5O. The number of aromatic nitrogens is 4. The maximum atomic E-state index is 6.11. The van der Waals surface area contributed by atoms with Crippen LogP contribution in [0.4, 0.5) is 5.82 Å². The number of anilines is 1. The molecule has 0 amide bonds. The van der Waals surface area contributed by atoms with Gasteiger partial charge in [-0.05, 0) is 0 Å². The molecule has 2 heterocycles. The van der Waals surface area contributed by atoms with E-state index >= 15 is 0 Å². The fourth-order valence-electron chi connectivity index (χ4n) is 1.66. The average molecular weight is 256 g/mol. The van der Waals surface area contributed by atoms with Gasteiger partial charge in [0, 0.05) is 20.7 Å². The maximum Gasteiger partial charge on any atom is 0.182 e. The van der Waals surface area contributed by atoms with E-state index in [0.717, 1.165) is 11.3 Å². The first-order valence-electron chi connectivity index (χ1n) is 5.20. The minimum Gasteiger partial charge on any atom is -0.383 e. The quantitative estimate of drug-likeness (QED) is 0.809. The zero-order chi connectivity index (χ0) is 12.3. The monoisotopic (exact) mass is 255 g/mol. The van der Waals surface area contributed by atoms with Gasteiger partial charge in [-0.3, -0.25) is 0 Å². The molecule has 0 saturated carbocycles. The first kappa shape index (κ1) is 12.1. The van der Waals surface area contributed by atoms with Crippen LogP contribution >= 0.6 is 11.6 Å². The number of hydrogen-bond donors (Lipinski definition) is 1. The van der Waals surface area contributed by atoms with Crippen molar-refractivity contribution in [2.24, 2.45) is 0 Å². The second-order valence-corrected chi connectivity index (χ2v) is 4.35. The molecule has 7 heteroatoms. The fraction of sp³-hybridized carbons (Fsp3) is 0.500. The highest BCUT2D eigenvalue weighted by molar-refractivity contribution is 6.21. The number of H-pyrrole nitrogens is 1. The molecule has 6 nitrogen and oxygen atoms in total. The lowest BCUT2D eigenvalue weighted by Gasteiger charge is -2.20. The van der Waals surface area contributed by atoms with Crippen molar-refractivity contribution in [1.29, 1.82) is 0 Å². The van der Waals surface area contributed by atoms with Crippen LogP contribution in [0, 0.1) is 0 Å². The van der Waals surface area contributed by atoms with Crippen LogP contribution in [0.5, 0.6) is 0 Å². The number of halogens is 1. The van der Waals surface area contributed by atoms with Crippen LogP contribution in [-0.2, 0) is 4.74 Å². The molecule has 17 heavy (non-hydrogen) atoms. The van der Waals surface area contributed by atoms with Gasteiger partial charge in [-0.25, -0.2) is 15.0 Å². The lowest BCUT2D eigenvalue weighted by atomic mass is 10.4. The minimum atomic E-state index is -0.0852. The van der Waals surface area contributed by atoms with Crippen molar-refractivity contribution in [3.05, 3.63) is 12.7 Å². The summed E-state index contributed by atoms with van der Waals surface area (Å²) >= 11 is 6.11. The van der Waals surface area contributed by atoms with E-state index in [4.69, 9.17) is 16.3 Å². The van der Waals surface area contributed by atoms with Crippen molar-refractivity contribution < 1.29 is 4.74 Å². The Bertz CT molecular complexity index is 488. The van der Waals surface area contributed by atoms with E-state index < -0.39 is 0 Å². The number of nitrogens with zero attached hydrogens (tertiary/aromatic N) is 4. The largest absolute Gasteiger partial charge is 0.383 e. The molecule has 92 valence electrons. The molecule has 0 aromatic carbocycles. The Kier molecular flexibility index (Phi) is 3.75. The number of alkyl halides is 1. The third-order valence-corrected chi connectivity index (χ3v) is 2.65. The number of hydrogen-bond acceptors (Lipinski definition) is 5. The first-order valence-corrected chi connectivity index (χ1v) is 5.64. The summed E-state index contributed by atoms with van der Waals surface area (Å²) in [7, 11) is 3.56. The Hall–Kier alpha value is -1.40. The number of imidazole rings is 1. The number of aromatic amines is 1. The van der Waals surface area contributed by atoms with Gasteiger partial charge in [0.2, 0.25) is 0 Å². The summed E-state index contributed by atoms with van der Waals surface area (Å²) in [5, 5.41) is -0.0852. The summed E-state index contributed by atoms with van der Waals surface area (Å²) in [6.45, 7) is 1.14. The summed E-state index contributed by atoms with van der Waals surface area (Å²) in [6, 6.07) is 0. The average Bonchev–Trinajstić information content (AvgIpc) is 2.76. The number of nitrogens with one attached hydrogen (secondary N) is 1. The molecular weight excluding hydrogens is 242 g/mol. The Morgan fingerprint density at radius 2 is 2.29 bits per heavy atom. The third-order valence-electron chi connectivity index (χ3n) is 2.38. The summed E-state index contributed by atoms with van der Waals surface area (Å²) in [5.74, 6) is 0.786. The predicted molar refractivity (Wildman–Crippen MR) is 66.5 cm³/mol. The van der Waals surface area contributed by atoms with Crippen LogP contribution in [-0.4, -0.2) is 52.6 Å². The maximum absolute atomic E-state index is 6.11. The normalized spacial score (nSPS) is 12.9. The predicted octanol–water partition coefficient (Wildman–Crippen LogP) is 1.04. The molecule has 1 N–H and O–H groups in total. The van der Waals surface area contributed by atoms with Crippen LogP contribution in [0.2, 0.25) is 0 Å². The van der Waals surface area contributed by atoms with Crippen molar-refractivity contribution in [3.63, 3.8) is 0 Å². The smallest absolute Gasteiger partial charge is 0.182 e. The van der Waals surface area contributed by atoms with Gasteiger partial charge < -0.3 is 14.6 Å². The van der Waals surface area contributed by atoms with Crippen LogP contribution in [0.3, 0.4) is 0 Å². The second kappa shape index (κ2) is 5.29. The Morgan fingerprint density at radius 1 is 1.47 bits per heavy atom. The second-order valence-electron chi connectivity index (χ2n) is 3.73. The third kappa shape index (κ3) is 2.65. The first-order chi connectivity index (χ1) is 8.22. The van der Waals surface area contributed by atoms with E-state index in [0.29, 0.717) is 18.8 Å². The zero-order valence-corrected chi connectivity index (χ0v) is 10.5. The summed E-state index contributed by atoms with van der Waals surface area (Å²) in [5.41, 5.74) is 1.47. The summed E-state index contributed by atoms with van der Waals surface area (Å²) in [6.07, 6.45) is 3.10. The van der Waals surface area contributed by atoms with E-state index in [2.05, 4.69) is 19.9 Å². The molecule has 1 unspecified atom stereocenters. The highest BCUT2D eigenvalue weighted by atomic mass is 35.5. The molecule has 0 bridgehead atoms. The van der Waals surface area contributed by atoms with Gasteiger partial charge >= 0.3 is 0 Å². The van der Waals surface area contributed by atoms with Crippen LogP contribution in [0.25, 0.3) is 11.2 Å². The molecule has 0 spiro atoms. The Labute approximate surface area is 104 Å². The molecule has 2 aromatic heterocycles. The van der Waals surface area contributed by atoms with Crippen LogP contribution in [0.1, 0.15) is 0 Å². The van der Waals surface area contributed by atoms with Gasteiger partial charge in [-0.2, -0.15) is 0 Å². The van der Waals surface area contributed by atoms with Gasteiger partial charge in [0.25, 0.3) is 0 Å². The van der Waals surface area contributed by atoms with Crippen molar-refractivity contribution >= 4 is 28.6 Å². The lowest BCUT2D eigenvalue weighted by Crippen LogP contribution is -2.29. The van der Waals surface area contributed by atoms with E-state index in [1.54, 1.807) is 13.4 Å². The summed E-state index contributed by atoms with van der Waals surface area (Å²) < 4.78 is 5.00. The molecule has 2 aromatic rings. The van der Waals surface area contributed by atoms with Crippen molar-refractivity contribution in [3.8, 4) is 0 Å². The molecule has 0 aliphatic heterocycles. The molecule has 0 aliphatic carbocycles. The van der Waals surface area contributed by atoms with Crippen LogP contribution < -0.4 is 4.90 Å². The standard InChI is InChI=1S/C10H14ClN5O/c1-16(3-7(11)4-17-2)10-8-9(13-5-12-8)14-6-15-10/h5-7H,3-4H2,1-2H3,(H,12,13,14,15). The molecule has 0 radical (unpaired) electrons. The molecule has 2 rings (SSSR count).